The molecule has 0 atom stereocenters. The second-order valence-electron chi connectivity index (χ2n) is 5.41. The van der Waals surface area contributed by atoms with E-state index in [1.807, 2.05) is 53.2 Å². The summed E-state index contributed by atoms with van der Waals surface area (Å²) in [5, 5.41) is 6.63. The lowest BCUT2D eigenvalue weighted by Crippen LogP contribution is -2.24. The number of nitrogens with one attached hydrogen (secondary N) is 1. The topological polar surface area (TPSA) is 55.4 Å². The minimum atomic E-state index is -0.0516. The average molecular weight is 371 g/mol. The molecule has 0 unspecified atom stereocenters. The van der Waals surface area contributed by atoms with Crippen LogP contribution in [0.15, 0.2) is 53.2 Å². The summed E-state index contributed by atoms with van der Waals surface area (Å²) in [4.78, 5) is 26.0. The number of methoxy groups -OCH3 is 1. The Balaban J connectivity index is 1.53. The summed E-state index contributed by atoms with van der Waals surface area (Å²) in [7, 11) is 1.61. The first-order chi connectivity index (χ1) is 12.2. The number of rotatable bonds is 7. The van der Waals surface area contributed by atoms with E-state index in [1.54, 1.807) is 7.11 Å². The van der Waals surface area contributed by atoms with E-state index in [9.17, 15) is 9.59 Å². The van der Waals surface area contributed by atoms with Gasteiger partial charge in [-0.1, -0.05) is 12.1 Å². The number of amides is 1. The van der Waals surface area contributed by atoms with Gasteiger partial charge in [0, 0.05) is 15.8 Å². The maximum Gasteiger partial charge on any atom is 0.224 e. The number of benzene rings is 1. The summed E-state index contributed by atoms with van der Waals surface area (Å²) >= 11 is 2.92. The number of hydrogen-bond acceptors (Lipinski definition) is 5. The smallest absolute Gasteiger partial charge is 0.224 e. The molecule has 0 fully saturated rings. The zero-order valence-corrected chi connectivity index (χ0v) is 15.3. The molecule has 3 rings (SSSR count). The van der Waals surface area contributed by atoms with E-state index < -0.39 is 0 Å². The van der Waals surface area contributed by atoms with Crippen molar-refractivity contribution in [3.8, 4) is 5.75 Å². The van der Waals surface area contributed by atoms with E-state index in [0.29, 0.717) is 23.4 Å². The standard InChI is InChI=1S/C19H17NO3S2/c1-23-15-4-2-13(3-5-15)10-18(21)20-11-16-6-7-17(25-16)19(22)14-8-9-24-12-14/h2-9,12H,10-11H2,1H3,(H,20,21). The van der Waals surface area contributed by atoms with E-state index in [2.05, 4.69) is 5.32 Å². The van der Waals surface area contributed by atoms with Crippen molar-refractivity contribution in [1.82, 2.24) is 5.32 Å². The first-order valence-corrected chi connectivity index (χ1v) is 9.47. The molecule has 1 N–H and O–H groups in total. The highest BCUT2D eigenvalue weighted by Crippen LogP contribution is 2.21. The predicted molar refractivity (Wildman–Crippen MR) is 101 cm³/mol. The minimum Gasteiger partial charge on any atom is -0.497 e. The highest BCUT2D eigenvalue weighted by atomic mass is 32.1. The van der Waals surface area contributed by atoms with Crippen LogP contribution < -0.4 is 10.1 Å². The third-order valence-corrected chi connectivity index (χ3v) is 5.42. The number of carbonyl (C=O) groups is 2. The molecular formula is C19H17NO3S2. The van der Waals surface area contributed by atoms with Crippen molar-refractivity contribution in [2.24, 2.45) is 0 Å². The zero-order chi connectivity index (χ0) is 17.6. The Morgan fingerprint density at radius 1 is 1.08 bits per heavy atom. The van der Waals surface area contributed by atoms with Crippen molar-refractivity contribution >= 4 is 34.4 Å². The van der Waals surface area contributed by atoms with E-state index in [0.717, 1.165) is 16.2 Å². The van der Waals surface area contributed by atoms with Crippen molar-refractivity contribution in [2.75, 3.05) is 7.11 Å². The Morgan fingerprint density at radius 2 is 1.88 bits per heavy atom. The van der Waals surface area contributed by atoms with E-state index >= 15 is 0 Å². The molecule has 0 aliphatic carbocycles. The minimum absolute atomic E-state index is 0.0297. The summed E-state index contributed by atoms with van der Waals surface area (Å²) < 4.78 is 5.10. The molecule has 1 amide bonds. The van der Waals surface area contributed by atoms with Crippen LogP contribution in [0.3, 0.4) is 0 Å². The van der Waals surface area contributed by atoms with E-state index in [4.69, 9.17) is 4.74 Å². The Labute approximate surface area is 154 Å². The molecule has 0 saturated carbocycles. The Kier molecular flexibility index (Phi) is 5.63. The lowest BCUT2D eigenvalue weighted by atomic mass is 10.1. The lowest BCUT2D eigenvalue weighted by molar-refractivity contribution is -0.120. The van der Waals surface area contributed by atoms with Crippen LogP contribution in [0.25, 0.3) is 0 Å². The quantitative estimate of drug-likeness (QED) is 0.641. The average Bonchev–Trinajstić information content (AvgIpc) is 3.32. The molecule has 0 radical (unpaired) electrons. The molecule has 0 spiro atoms. The number of ketones is 1. The summed E-state index contributed by atoms with van der Waals surface area (Å²) in [5.74, 6) is 0.747. The molecule has 2 heterocycles. The highest BCUT2D eigenvalue weighted by molar-refractivity contribution is 7.14. The molecule has 4 nitrogen and oxygen atoms in total. The van der Waals surface area contributed by atoms with Crippen LogP contribution in [0.4, 0.5) is 0 Å². The van der Waals surface area contributed by atoms with Crippen molar-refractivity contribution in [3.63, 3.8) is 0 Å². The number of carbonyl (C=O) groups excluding carboxylic acids is 2. The Bertz CT molecular complexity index is 851. The van der Waals surface area contributed by atoms with Crippen molar-refractivity contribution in [3.05, 3.63) is 74.1 Å². The molecule has 0 saturated heterocycles. The van der Waals surface area contributed by atoms with Gasteiger partial charge in [0.25, 0.3) is 0 Å². The fraction of sp³-hybridized carbons (Fsp3) is 0.158. The monoisotopic (exact) mass is 371 g/mol. The van der Waals surface area contributed by atoms with E-state index in [-0.39, 0.29) is 11.7 Å². The zero-order valence-electron chi connectivity index (χ0n) is 13.7. The first kappa shape index (κ1) is 17.4. The van der Waals surface area contributed by atoms with Crippen LogP contribution in [0.1, 0.15) is 25.7 Å². The molecule has 0 aliphatic heterocycles. The second-order valence-corrected chi connectivity index (χ2v) is 7.36. The molecule has 0 bridgehead atoms. The Hall–Kier alpha value is -2.44. The molecule has 128 valence electrons. The maximum absolute atomic E-state index is 12.3. The van der Waals surface area contributed by atoms with Gasteiger partial charge in [0.1, 0.15) is 5.75 Å². The normalized spacial score (nSPS) is 10.4. The summed E-state index contributed by atoms with van der Waals surface area (Å²) in [5.41, 5.74) is 1.64. The fourth-order valence-corrected chi connectivity index (χ4v) is 3.85. The van der Waals surface area contributed by atoms with Crippen LogP contribution in [-0.2, 0) is 17.8 Å². The van der Waals surface area contributed by atoms with Crippen LogP contribution in [-0.4, -0.2) is 18.8 Å². The van der Waals surface area contributed by atoms with Crippen LogP contribution in [0, 0.1) is 0 Å². The molecule has 2 aromatic heterocycles. The number of ether oxygens (including phenoxy) is 1. The van der Waals surface area contributed by atoms with Gasteiger partial charge in [-0.3, -0.25) is 9.59 Å². The molecular weight excluding hydrogens is 354 g/mol. The SMILES string of the molecule is COc1ccc(CC(=O)NCc2ccc(C(=O)c3ccsc3)s2)cc1. The largest absolute Gasteiger partial charge is 0.497 e. The third kappa shape index (κ3) is 4.55. The maximum atomic E-state index is 12.3. The molecule has 1 aromatic carbocycles. The van der Waals surface area contributed by atoms with Crippen LogP contribution in [0.5, 0.6) is 5.75 Å². The molecule has 3 aromatic rings. The Morgan fingerprint density at radius 3 is 2.56 bits per heavy atom. The van der Waals surface area contributed by atoms with Gasteiger partial charge in [0.15, 0.2) is 0 Å². The number of hydrogen-bond donors (Lipinski definition) is 1. The summed E-state index contributed by atoms with van der Waals surface area (Å²) in [6.07, 6.45) is 0.316. The lowest BCUT2D eigenvalue weighted by Gasteiger charge is -2.05. The molecule has 25 heavy (non-hydrogen) atoms. The van der Waals surface area contributed by atoms with Gasteiger partial charge in [-0.25, -0.2) is 0 Å². The van der Waals surface area contributed by atoms with Gasteiger partial charge in [0.2, 0.25) is 11.7 Å². The van der Waals surface area contributed by atoms with Crippen molar-refractivity contribution in [2.45, 2.75) is 13.0 Å². The molecule has 0 aliphatic rings. The first-order valence-electron chi connectivity index (χ1n) is 7.71. The van der Waals surface area contributed by atoms with Gasteiger partial charge < -0.3 is 10.1 Å². The van der Waals surface area contributed by atoms with E-state index in [1.165, 1.54) is 22.7 Å². The van der Waals surface area contributed by atoms with Gasteiger partial charge in [-0.2, -0.15) is 11.3 Å². The second kappa shape index (κ2) is 8.09. The summed E-state index contributed by atoms with van der Waals surface area (Å²) in [6, 6.07) is 13.0. The fourth-order valence-electron chi connectivity index (χ4n) is 2.31. The van der Waals surface area contributed by atoms with Crippen molar-refractivity contribution in [1.29, 1.82) is 0 Å². The molecule has 6 heteroatoms. The third-order valence-electron chi connectivity index (χ3n) is 3.65. The van der Waals surface area contributed by atoms with Gasteiger partial charge >= 0.3 is 0 Å². The van der Waals surface area contributed by atoms with Gasteiger partial charge in [0.05, 0.1) is 25.0 Å². The number of thiophene rings is 2. The summed E-state index contributed by atoms with van der Waals surface area (Å²) in [6.45, 7) is 0.427. The van der Waals surface area contributed by atoms with Gasteiger partial charge in [-0.15, -0.1) is 11.3 Å². The van der Waals surface area contributed by atoms with Crippen LogP contribution >= 0.6 is 22.7 Å². The van der Waals surface area contributed by atoms with Crippen LogP contribution in [0.2, 0.25) is 0 Å². The predicted octanol–water partition coefficient (Wildman–Crippen LogP) is 3.91. The van der Waals surface area contributed by atoms with Crippen molar-refractivity contribution < 1.29 is 14.3 Å². The highest BCUT2D eigenvalue weighted by Gasteiger charge is 2.12. The van der Waals surface area contributed by atoms with Gasteiger partial charge in [-0.05, 0) is 41.3 Å².